The molecule has 63 heavy (non-hydrogen) atoms. The fourth-order valence-corrected chi connectivity index (χ4v) is 11.6. The molecule has 0 aromatic heterocycles. The Bertz CT molecular complexity index is 2440. The number of nitrogens with one attached hydrogen (secondary N) is 4. The number of carbonyl (C=O) groups is 1. The summed E-state index contributed by atoms with van der Waals surface area (Å²) in [5.74, 6) is -0.639. The van der Waals surface area contributed by atoms with E-state index in [4.69, 9.17) is 16.3 Å². The van der Waals surface area contributed by atoms with Crippen molar-refractivity contribution in [3.8, 4) is 0 Å². The van der Waals surface area contributed by atoms with Crippen LogP contribution in [0.3, 0.4) is 0 Å². The number of carbonyl (C=O) groups excluding carboxylic acids is 1. The quantitative estimate of drug-likeness (QED) is 0.0499. The van der Waals surface area contributed by atoms with E-state index in [-0.39, 0.29) is 11.3 Å². The van der Waals surface area contributed by atoms with Crippen LogP contribution in [0.25, 0.3) is 5.57 Å². The largest absolute Gasteiger partial charge is 0.501 e. The molecule has 2 bridgehead atoms. The number of amides is 1. The van der Waals surface area contributed by atoms with Crippen molar-refractivity contribution in [2.24, 2.45) is 0 Å². The third-order valence-electron chi connectivity index (χ3n) is 11.7. The van der Waals surface area contributed by atoms with E-state index in [0.717, 1.165) is 73.2 Å². The number of hydrogen-bond acceptors (Lipinski definition) is 11. The third-order valence-corrected chi connectivity index (χ3v) is 16.0. The van der Waals surface area contributed by atoms with Crippen LogP contribution >= 0.6 is 23.4 Å². The highest BCUT2D eigenvalue weighted by atomic mass is 35.5. The fraction of sp³-hybridized carbons (Fsp3) is 0.400. The van der Waals surface area contributed by atoms with E-state index in [0.29, 0.717) is 73.9 Å². The molecular weight excluding hydrogens is 895 g/mol. The summed E-state index contributed by atoms with van der Waals surface area (Å²) in [7, 11) is -10.9. The fourth-order valence-electron chi connectivity index (χ4n) is 8.48. The molecule has 1 atom stereocenters. The lowest BCUT2D eigenvalue weighted by Gasteiger charge is -2.25. The van der Waals surface area contributed by atoms with Crippen LogP contribution in [0, 0.1) is 0 Å². The minimum Gasteiger partial charge on any atom is -0.384 e. The average Bonchev–Trinajstić information content (AvgIpc) is 3.85. The second-order valence-corrected chi connectivity index (χ2v) is 21.0. The number of benzene rings is 4. The van der Waals surface area contributed by atoms with Crippen molar-refractivity contribution in [1.29, 1.82) is 0 Å². The first kappa shape index (κ1) is 46.9. The van der Waals surface area contributed by atoms with Gasteiger partial charge in [0.15, 0.2) is 0 Å². The SMILES string of the molecule is O=C(NS(=O)(=O)c1ccc(N[C@H](CCCN2C3CCC2CC3)CSc2ccccc2)c(S(=O)(=O)C(F)(F)F)c1)c1ccc(NCCNCC2=C(c3ccc(Cl)cc3)CCOC2)cc1. The number of rotatable bonds is 20. The van der Waals surface area contributed by atoms with Gasteiger partial charge >= 0.3 is 5.51 Å². The Kier molecular flexibility index (Phi) is 15.5. The standard InChI is InChI=1S/C45H51ClF3N5O6S3/c46-34-12-8-31(9-13-34)41-22-26-60-29-33(41)28-50-23-24-51-35-14-10-32(11-15-35)44(55)53-63(58,59)40-20-21-42(43(27-40)62(56,57)45(47,48)49)52-36(30-61-39-6-2-1-3-7-39)5-4-25-54-37-16-17-38(54)19-18-37/h1-3,6-15,20-21,27,36-38,50-52H,4-5,16-19,22-26,28-30H2,(H,53,55)/t36-,37?,38?/m1/s1. The van der Waals surface area contributed by atoms with Gasteiger partial charge in [0.2, 0.25) is 0 Å². The zero-order valence-corrected chi connectivity index (χ0v) is 37.7. The van der Waals surface area contributed by atoms with E-state index in [1.165, 1.54) is 29.5 Å². The van der Waals surface area contributed by atoms with Gasteiger partial charge in [0, 0.05) is 64.7 Å². The summed E-state index contributed by atoms with van der Waals surface area (Å²) in [6, 6.07) is 26.3. The van der Waals surface area contributed by atoms with Crippen molar-refractivity contribution in [3.63, 3.8) is 0 Å². The van der Waals surface area contributed by atoms with Gasteiger partial charge in [-0.2, -0.15) is 13.2 Å². The van der Waals surface area contributed by atoms with Crippen molar-refractivity contribution in [2.75, 3.05) is 55.8 Å². The highest BCUT2D eigenvalue weighted by Gasteiger charge is 2.48. The van der Waals surface area contributed by atoms with E-state index in [9.17, 15) is 34.8 Å². The number of sulfonamides is 1. The molecule has 3 heterocycles. The maximum Gasteiger partial charge on any atom is 0.501 e. The Morgan fingerprint density at radius 2 is 1.59 bits per heavy atom. The number of sulfone groups is 1. The molecule has 4 N–H and O–H groups in total. The zero-order valence-electron chi connectivity index (χ0n) is 34.5. The molecule has 0 radical (unpaired) electrons. The third kappa shape index (κ3) is 12.0. The van der Waals surface area contributed by atoms with Crippen LogP contribution in [0.4, 0.5) is 24.5 Å². The van der Waals surface area contributed by atoms with Crippen molar-refractivity contribution in [1.82, 2.24) is 14.9 Å². The smallest absolute Gasteiger partial charge is 0.384 e. The monoisotopic (exact) mass is 945 g/mol. The van der Waals surface area contributed by atoms with E-state index < -0.39 is 47.1 Å². The number of alkyl halides is 3. The van der Waals surface area contributed by atoms with Gasteiger partial charge in [-0.3, -0.25) is 9.69 Å². The lowest BCUT2D eigenvalue weighted by molar-refractivity contribution is -0.0435. The number of halogens is 4. The summed E-state index contributed by atoms with van der Waals surface area (Å²) in [4.78, 5) is 14.5. The van der Waals surface area contributed by atoms with Gasteiger partial charge in [0.25, 0.3) is 25.8 Å². The molecule has 2 fully saturated rings. The maximum atomic E-state index is 14.2. The van der Waals surface area contributed by atoms with Crippen molar-refractivity contribution in [3.05, 3.63) is 119 Å². The van der Waals surface area contributed by atoms with Gasteiger partial charge in [-0.25, -0.2) is 21.6 Å². The number of nitrogens with zero attached hydrogens (tertiary/aromatic N) is 1. The minimum absolute atomic E-state index is 0.0386. The molecule has 4 aromatic rings. The summed E-state index contributed by atoms with van der Waals surface area (Å²) < 4.78 is 103. The van der Waals surface area contributed by atoms with Crippen LogP contribution in [0.1, 0.15) is 60.9 Å². The summed E-state index contributed by atoms with van der Waals surface area (Å²) in [5.41, 5.74) is -1.98. The first-order chi connectivity index (χ1) is 30.2. The first-order valence-electron chi connectivity index (χ1n) is 21.0. The molecular formula is C45H51ClF3N5O6S3. The lowest BCUT2D eigenvalue weighted by Crippen LogP contribution is -2.32. The molecule has 0 spiro atoms. The van der Waals surface area contributed by atoms with Crippen LogP contribution in [-0.2, 0) is 24.6 Å². The second-order valence-electron chi connectivity index (χ2n) is 15.9. The van der Waals surface area contributed by atoms with Crippen molar-refractivity contribution < 1.29 is 39.5 Å². The Morgan fingerprint density at radius 1 is 0.889 bits per heavy atom. The Balaban J connectivity index is 0.984. The second kappa shape index (κ2) is 20.8. The van der Waals surface area contributed by atoms with E-state index in [1.807, 2.05) is 59.3 Å². The summed E-state index contributed by atoms with van der Waals surface area (Å²) in [6.07, 6.45) is 6.72. The van der Waals surface area contributed by atoms with Gasteiger partial charge in [0.05, 0.1) is 23.8 Å². The number of ether oxygens (including phenoxy) is 1. The molecule has 0 saturated carbocycles. The number of fused-ring (bicyclic) bond motifs is 2. The van der Waals surface area contributed by atoms with E-state index >= 15 is 0 Å². The number of anilines is 2. The molecule has 1 amide bonds. The Morgan fingerprint density at radius 3 is 2.27 bits per heavy atom. The maximum absolute atomic E-state index is 14.2. The highest BCUT2D eigenvalue weighted by Crippen LogP contribution is 2.39. The predicted molar refractivity (Wildman–Crippen MR) is 243 cm³/mol. The van der Waals surface area contributed by atoms with Gasteiger partial charge in [-0.1, -0.05) is 41.9 Å². The highest BCUT2D eigenvalue weighted by molar-refractivity contribution is 7.99. The van der Waals surface area contributed by atoms with Crippen LogP contribution in [0.2, 0.25) is 5.02 Å². The summed E-state index contributed by atoms with van der Waals surface area (Å²) in [5, 5.41) is 10.4. The van der Waals surface area contributed by atoms with Crippen LogP contribution in [0.5, 0.6) is 0 Å². The molecule has 338 valence electrons. The van der Waals surface area contributed by atoms with Crippen LogP contribution < -0.4 is 20.7 Å². The Hall–Kier alpha value is -4.10. The Labute approximate surface area is 376 Å². The molecule has 2 saturated heterocycles. The molecule has 0 unspecified atom stereocenters. The molecule has 4 aromatic carbocycles. The average molecular weight is 947 g/mol. The van der Waals surface area contributed by atoms with Gasteiger partial charge in [-0.05, 0) is 135 Å². The molecule has 0 aliphatic carbocycles. The van der Waals surface area contributed by atoms with Crippen molar-refractivity contribution in [2.45, 2.75) is 83.3 Å². The summed E-state index contributed by atoms with van der Waals surface area (Å²) in [6.45, 7) is 3.77. The predicted octanol–water partition coefficient (Wildman–Crippen LogP) is 8.61. The van der Waals surface area contributed by atoms with Gasteiger partial charge < -0.3 is 20.7 Å². The number of hydrogen-bond donors (Lipinski definition) is 4. The zero-order chi connectivity index (χ0) is 44.6. The van der Waals surface area contributed by atoms with Crippen LogP contribution in [0.15, 0.2) is 117 Å². The molecule has 3 aliphatic rings. The molecule has 18 heteroatoms. The van der Waals surface area contributed by atoms with Gasteiger partial charge in [0.1, 0.15) is 4.90 Å². The normalized spacial score (nSPS) is 18.7. The molecule has 3 aliphatic heterocycles. The summed E-state index contributed by atoms with van der Waals surface area (Å²) >= 11 is 7.55. The molecule has 7 rings (SSSR count). The number of thioether (sulfide) groups is 1. The topological polar surface area (TPSA) is 146 Å². The lowest BCUT2D eigenvalue weighted by atomic mass is 9.96. The van der Waals surface area contributed by atoms with E-state index in [2.05, 4.69) is 20.9 Å². The van der Waals surface area contributed by atoms with Crippen LogP contribution in [-0.4, -0.2) is 96.4 Å². The molecule has 11 nitrogen and oxygen atoms in total. The first-order valence-corrected chi connectivity index (χ1v) is 25.3. The van der Waals surface area contributed by atoms with Gasteiger partial charge in [-0.15, -0.1) is 11.8 Å². The van der Waals surface area contributed by atoms with Crippen molar-refractivity contribution >= 4 is 66.1 Å². The minimum atomic E-state index is -6.04. The van der Waals surface area contributed by atoms with E-state index in [1.54, 1.807) is 12.1 Å².